The molecule has 0 saturated carbocycles. The largest absolute Gasteiger partial charge is 0.481 e. The van der Waals surface area contributed by atoms with Crippen molar-refractivity contribution in [1.29, 1.82) is 0 Å². The van der Waals surface area contributed by atoms with Crippen LogP contribution in [0.2, 0.25) is 0 Å². The number of carbonyl (C=O) groups excluding carboxylic acids is 1. The molecule has 1 aromatic carbocycles. The van der Waals surface area contributed by atoms with Crippen molar-refractivity contribution in [2.24, 2.45) is 0 Å². The Morgan fingerprint density at radius 1 is 1.43 bits per heavy atom. The van der Waals surface area contributed by atoms with Crippen molar-refractivity contribution in [1.82, 2.24) is 5.32 Å². The Bertz CT molecular complexity index is 665. The van der Waals surface area contributed by atoms with Gasteiger partial charge < -0.3 is 14.8 Å². The Labute approximate surface area is 130 Å². The van der Waals surface area contributed by atoms with Crippen molar-refractivity contribution in [3.63, 3.8) is 0 Å². The summed E-state index contributed by atoms with van der Waals surface area (Å²) >= 11 is 3.38. The summed E-state index contributed by atoms with van der Waals surface area (Å²) in [6, 6.07) is 7.18. The molecule has 2 aromatic rings. The Hall–Kier alpha value is -1.82. The zero-order chi connectivity index (χ0) is 15.4. The van der Waals surface area contributed by atoms with Gasteiger partial charge in [0.2, 0.25) is 0 Å². The quantitative estimate of drug-likeness (QED) is 0.831. The molecule has 0 spiro atoms. The van der Waals surface area contributed by atoms with E-state index in [2.05, 4.69) is 21.2 Å². The number of rotatable bonds is 6. The van der Waals surface area contributed by atoms with Gasteiger partial charge in [-0.2, -0.15) is 0 Å². The number of benzene rings is 1. The Balaban J connectivity index is 1.98. The summed E-state index contributed by atoms with van der Waals surface area (Å²) in [4.78, 5) is 22.5. The van der Waals surface area contributed by atoms with Crippen LogP contribution in [0.3, 0.4) is 0 Å². The van der Waals surface area contributed by atoms with Crippen molar-refractivity contribution < 1.29 is 19.1 Å². The predicted octanol–water partition coefficient (Wildman–Crippen LogP) is 3.57. The van der Waals surface area contributed by atoms with Crippen LogP contribution in [0.4, 0.5) is 0 Å². The molecule has 1 heterocycles. The number of carboxylic acids is 1. The van der Waals surface area contributed by atoms with Crippen LogP contribution in [-0.4, -0.2) is 23.0 Å². The minimum atomic E-state index is -0.823. The lowest BCUT2D eigenvalue weighted by molar-refractivity contribution is -0.137. The highest BCUT2D eigenvalue weighted by molar-refractivity contribution is 9.10. The maximum absolute atomic E-state index is 12.1. The molecule has 112 valence electrons. The topological polar surface area (TPSA) is 79.5 Å². The van der Waals surface area contributed by atoms with E-state index in [1.807, 2.05) is 25.1 Å². The molecule has 6 heteroatoms. The minimum absolute atomic E-state index is 0.103. The Morgan fingerprint density at radius 2 is 2.19 bits per heavy atom. The molecule has 1 atom stereocenters. The summed E-state index contributed by atoms with van der Waals surface area (Å²) in [6.45, 7) is 1.85. The molecule has 0 fully saturated rings. The van der Waals surface area contributed by atoms with Crippen molar-refractivity contribution in [2.75, 3.05) is 0 Å². The van der Waals surface area contributed by atoms with Crippen LogP contribution in [0.25, 0.3) is 11.0 Å². The number of furan rings is 1. The molecule has 1 unspecified atom stereocenters. The van der Waals surface area contributed by atoms with Gasteiger partial charge in [0.05, 0.1) is 4.47 Å². The van der Waals surface area contributed by atoms with E-state index in [4.69, 9.17) is 9.52 Å². The molecule has 2 rings (SSSR count). The van der Waals surface area contributed by atoms with Crippen LogP contribution >= 0.6 is 15.9 Å². The average Bonchev–Trinajstić information content (AvgIpc) is 2.83. The molecule has 21 heavy (non-hydrogen) atoms. The maximum Gasteiger partial charge on any atom is 0.303 e. The molecule has 2 N–H and O–H groups in total. The van der Waals surface area contributed by atoms with Crippen LogP contribution in [0, 0.1) is 0 Å². The molecule has 0 aliphatic heterocycles. The molecule has 0 aliphatic carbocycles. The fourth-order valence-corrected chi connectivity index (χ4v) is 2.53. The van der Waals surface area contributed by atoms with E-state index < -0.39 is 5.97 Å². The van der Waals surface area contributed by atoms with Gasteiger partial charge in [-0.3, -0.25) is 9.59 Å². The number of nitrogens with one attached hydrogen (secondary N) is 1. The second-order valence-corrected chi connectivity index (χ2v) is 5.78. The molecule has 0 bridgehead atoms. The number of hydrogen-bond acceptors (Lipinski definition) is 3. The van der Waals surface area contributed by atoms with E-state index in [0.717, 1.165) is 9.86 Å². The number of carbonyl (C=O) groups is 2. The van der Waals surface area contributed by atoms with E-state index in [9.17, 15) is 9.59 Å². The van der Waals surface area contributed by atoms with Gasteiger partial charge in [-0.15, -0.1) is 0 Å². The number of amides is 1. The first-order valence-electron chi connectivity index (χ1n) is 6.68. The highest BCUT2D eigenvalue weighted by atomic mass is 79.9. The lowest BCUT2D eigenvalue weighted by Gasteiger charge is -2.11. The summed E-state index contributed by atoms with van der Waals surface area (Å²) < 4.78 is 6.35. The van der Waals surface area contributed by atoms with E-state index in [1.54, 1.807) is 6.07 Å². The zero-order valence-electron chi connectivity index (χ0n) is 11.6. The normalized spacial score (nSPS) is 12.3. The molecular formula is C15H16BrNO4. The van der Waals surface area contributed by atoms with Gasteiger partial charge in [-0.05, 0) is 47.8 Å². The number of aliphatic carboxylic acids is 1. The van der Waals surface area contributed by atoms with E-state index >= 15 is 0 Å². The van der Waals surface area contributed by atoms with Gasteiger partial charge >= 0.3 is 5.97 Å². The van der Waals surface area contributed by atoms with Gasteiger partial charge in [-0.25, -0.2) is 0 Å². The minimum Gasteiger partial charge on any atom is -0.481 e. The van der Waals surface area contributed by atoms with Crippen molar-refractivity contribution in [2.45, 2.75) is 32.2 Å². The summed E-state index contributed by atoms with van der Waals surface area (Å²) in [5, 5.41) is 12.3. The highest BCUT2D eigenvalue weighted by Gasteiger charge is 2.15. The Kier molecular flexibility index (Phi) is 5.01. The molecular weight excluding hydrogens is 338 g/mol. The van der Waals surface area contributed by atoms with Gasteiger partial charge in [0.25, 0.3) is 5.91 Å². The first-order valence-corrected chi connectivity index (χ1v) is 7.47. The second kappa shape index (κ2) is 6.76. The van der Waals surface area contributed by atoms with Crippen LogP contribution in [-0.2, 0) is 4.79 Å². The van der Waals surface area contributed by atoms with E-state index in [0.29, 0.717) is 18.4 Å². The lowest BCUT2D eigenvalue weighted by Crippen LogP contribution is -2.32. The zero-order valence-corrected chi connectivity index (χ0v) is 13.1. The van der Waals surface area contributed by atoms with Crippen LogP contribution < -0.4 is 5.32 Å². The summed E-state index contributed by atoms with van der Waals surface area (Å²) in [5.74, 6) is -0.862. The average molecular weight is 354 g/mol. The van der Waals surface area contributed by atoms with Gasteiger partial charge in [-0.1, -0.05) is 12.1 Å². The number of hydrogen-bond donors (Lipinski definition) is 2. The third kappa shape index (κ3) is 4.07. The molecule has 1 amide bonds. The van der Waals surface area contributed by atoms with Crippen molar-refractivity contribution in [3.05, 3.63) is 34.5 Å². The maximum atomic E-state index is 12.1. The van der Waals surface area contributed by atoms with Crippen molar-refractivity contribution in [3.8, 4) is 0 Å². The summed E-state index contributed by atoms with van der Waals surface area (Å²) in [5.41, 5.74) is 0.640. The molecule has 0 aliphatic rings. The predicted molar refractivity (Wildman–Crippen MR) is 82.3 cm³/mol. The summed E-state index contributed by atoms with van der Waals surface area (Å²) in [7, 11) is 0. The number of fused-ring (bicyclic) bond motifs is 1. The van der Waals surface area contributed by atoms with E-state index in [1.165, 1.54) is 0 Å². The number of carboxylic acid groups (broad SMARTS) is 1. The van der Waals surface area contributed by atoms with Gasteiger partial charge in [0.1, 0.15) is 5.58 Å². The fraction of sp³-hybridized carbons (Fsp3) is 0.333. The second-order valence-electron chi connectivity index (χ2n) is 4.93. The third-order valence-corrected chi connectivity index (χ3v) is 3.75. The van der Waals surface area contributed by atoms with Gasteiger partial charge in [0, 0.05) is 17.8 Å². The van der Waals surface area contributed by atoms with Crippen LogP contribution in [0.5, 0.6) is 0 Å². The number of para-hydroxylation sites is 1. The SMILES string of the molecule is CC(CCCC(=O)O)NC(=O)c1cc2cccc(Br)c2o1. The van der Waals surface area contributed by atoms with Gasteiger partial charge in [0.15, 0.2) is 5.76 Å². The summed E-state index contributed by atoms with van der Waals surface area (Å²) in [6.07, 6.45) is 1.25. The highest BCUT2D eigenvalue weighted by Crippen LogP contribution is 2.26. The number of halogens is 1. The van der Waals surface area contributed by atoms with Crippen LogP contribution in [0.1, 0.15) is 36.7 Å². The first kappa shape index (κ1) is 15.6. The fourth-order valence-electron chi connectivity index (χ4n) is 2.07. The molecule has 0 saturated heterocycles. The first-order chi connectivity index (χ1) is 9.97. The molecule has 1 aromatic heterocycles. The Morgan fingerprint density at radius 3 is 2.86 bits per heavy atom. The van der Waals surface area contributed by atoms with E-state index in [-0.39, 0.29) is 24.1 Å². The third-order valence-electron chi connectivity index (χ3n) is 3.13. The van der Waals surface area contributed by atoms with Crippen molar-refractivity contribution >= 4 is 38.8 Å². The smallest absolute Gasteiger partial charge is 0.303 e. The monoisotopic (exact) mass is 353 g/mol. The standard InChI is InChI=1S/C15H16BrNO4/c1-9(4-2-7-13(18)19)17-15(20)12-8-10-5-3-6-11(16)14(10)21-12/h3,5-6,8-9H,2,4,7H2,1H3,(H,17,20)(H,18,19). The molecule has 0 radical (unpaired) electrons. The molecule has 5 nitrogen and oxygen atoms in total. The van der Waals surface area contributed by atoms with Crippen LogP contribution in [0.15, 0.2) is 33.2 Å². The lowest BCUT2D eigenvalue weighted by atomic mass is 10.1.